The van der Waals surface area contributed by atoms with E-state index in [1.807, 2.05) is 102 Å². The zero-order valence-electron chi connectivity index (χ0n) is 83.4. The molecule has 119 heavy (non-hydrogen) atoms. The number of aromatic nitrogens is 3. The lowest BCUT2D eigenvalue weighted by molar-refractivity contribution is 0.590. The molecule has 568 valence electrons. The van der Waals surface area contributed by atoms with Crippen molar-refractivity contribution in [3.63, 3.8) is 0 Å². The molecule has 0 spiro atoms. The van der Waals surface area contributed by atoms with Gasteiger partial charge in [0.15, 0.2) is 0 Å². The molecular formula is C112H87BN6. The summed E-state index contributed by atoms with van der Waals surface area (Å²) < 4.78 is 168. The minimum atomic E-state index is -0.713. The number of anilines is 8. The summed E-state index contributed by atoms with van der Waals surface area (Å²) in [4.78, 5) is 6.21. The number of hydrogen-bond donors (Lipinski definition) is 0. The van der Waals surface area contributed by atoms with Gasteiger partial charge >= 0.3 is 0 Å². The number of para-hydroxylation sites is 5. The summed E-state index contributed by atoms with van der Waals surface area (Å²) in [5.74, 6) is 0. The van der Waals surface area contributed by atoms with Crippen molar-refractivity contribution < 1.29 is 23.3 Å². The molecule has 6 nitrogen and oxygen atoms in total. The Hall–Kier alpha value is -14.4. The van der Waals surface area contributed by atoms with E-state index in [1.54, 1.807) is 45.9 Å². The van der Waals surface area contributed by atoms with Crippen molar-refractivity contribution in [3.05, 3.63) is 411 Å². The summed E-state index contributed by atoms with van der Waals surface area (Å²) in [7, 11) is 0. The number of benzene rings is 17. The Bertz CT molecular complexity index is 8190. The Morgan fingerprint density at radius 2 is 0.689 bits per heavy atom. The lowest BCUT2D eigenvalue weighted by Gasteiger charge is -2.45. The molecule has 0 saturated heterocycles. The quantitative estimate of drug-likeness (QED) is 0.101. The summed E-state index contributed by atoms with van der Waals surface area (Å²) in [6.45, 7) is 12.9. The highest BCUT2D eigenvalue weighted by molar-refractivity contribution is 7.00. The van der Waals surface area contributed by atoms with Crippen molar-refractivity contribution in [1.82, 2.24) is 13.7 Å². The number of rotatable bonds is 14. The highest BCUT2D eigenvalue weighted by Gasteiger charge is 2.45. The van der Waals surface area contributed by atoms with Gasteiger partial charge in [-0.1, -0.05) is 290 Å². The van der Waals surface area contributed by atoms with E-state index in [1.165, 1.54) is 11.1 Å². The van der Waals surface area contributed by atoms with Gasteiger partial charge in [0.25, 0.3) is 6.71 Å². The van der Waals surface area contributed by atoms with E-state index in [2.05, 4.69) is 214 Å². The van der Waals surface area contributed by atoms with Gasteiger partial charge in [0, 0.05) is 95.7 Å². The van der Waals surface area contributed by atoms with Crippen LogP contribution in [0, 0.1) is 0 Å². The molecule has 22 rings (SSSR count). The molecule has 0 unspecified atom stereocenters. The predicted molar refractivity (Wildman–Crippen MR) is 506 cm³/mol. The maximum atomic E-state index is 10.5. The van der Waals surface area contributed by atoms with Crippen LogP contribution in [0.2, 0.25) is 0 Å². The first-order valence-electron chi connectivity index (χ1n) is 48.9. The Kier molecular flexibility index (Phi) is 13.1. The third-order valence-corrected chi connectivity index (χ3v) is 24.0. The molecule has 0 amide bonds. The zero-order valence-corrected chi connectivity index (χ0v) is 66.4. The van der Waals surface area contributed by atoms with Crippen LogP contribution in [0.15, 0.2) is 394 Å². The summed E-state index contributed by atoms with van der Waals surface area (Å²) >= 11 is 0. The first-order valence-corrected chi connectivity index (χ1v) is 40.4. The van der Waals surface area contributed by atoms with E-state index in [0.29, 0.717) is 57.1 Å². The van der Waals surface area contributed by atoms with Crippen LogP contribution in [-0.4, -0.2) is 27.0 Å². The standard InChI is InChI=1S/C112H87BN6/c1-111(2,3)83-49-56-103-95(67-83)96-68-84(112(4,5)6)50-57-104(96)117(103)89-52-55-99-107(71-89)119(90-65-81(77-35-17-9-18-36-77)64-82(66-90)78-37-19-10-20-38-78)109-73-91(118-102-48-30-27-45-94(102)97-69-87(53-58-105(97)118)115(85-39-21-11-22-40-85)86-41-23-12-24-42-86)72-108-110(109)113(99)98-54-51-88(116-100-46-28-25-43-92(100)93-44-26-29-47-101(93)116)70-106(98)114(108)60-59-74-61-79(75-31-13-7-14-32-75)63-80(62-74)76-33-15-8-16-34-76/h7-58,61-73H,59-60H2,1-6H3/i11D,21D,22D,25D,26D,27D,28D,29D,30D,39D,40D,43D,44D,45D,46D,47D,48D. The maximum Gasteiger partial charge on any atom is 0.252 e. The van der Waals surface area contributed by atoms with Gasteiger partial charge in [-0.05, 0) is 240 Å². The molecule has 0 atom stereocenters. The molecule has 3 aromatic heterocycles. The monoisotopic (exact) mass is 1540 g/mol. The molecule has 0 aliphatic carbocycles. The van der Waals surface area contributed by atoms with E-state index < -0.39 is 97.3 Å². The van der Waals surface area contributed by atoms with Crippen molar-refractivity contribution in [1.29, 1.82) is 0 Å². The molecule has 0 bridgehead atoms. The van der Waals surface area contributed by atoms with E-state index in [9.17, 15) is 16.4 Å². The first-order chi connectivity index (χ1) is 65.3. The number of fused-ring (bicyclic) bond motifs is 13. The van der Waals surface area contributed by atoms with Crippen molar-refractivity contribution in [3.8, 4) is 61.6 Å². The Labute approximate surface area is 719 Å². The van der Waals surface area contributed by atoms with Gasteiger partial charge in [-0.25, -0.2) is 0 Å². The lowest BCUT2D eigenvalue weighted by atomic mass is 9.33. The average molecular weight is 1540 g/mol. The van der Waals surface area contributed by atoms with Crippen LogP contribution in [0.5, 0.6) is 0 Å². The highest BCUT2D eigenvalue weighted by Crippen LogP contribution is 2.50. The second-order valence-electron chi connectivity index (χ2n) is 33.2. The van der Waals surface area contributed by atoms with Crippen LogP contribution < -0.4 is 31.1 Å². The summed E-state index contributed by atoms with van der Waals surface area (Å²) in [6.07, 6.45) is 0.360. The molecule has 0 N–H and O–H groups in total. The summed E-state index contributed by atoms with van der Waals surface area (Å²) in [6, 6.07) is 90.6. The topological polar surface area (TPSA) is 24.5 Å². The van der Waals surface area contributed by atoms with Gasteiger partial charge in [0.05, 0.1) is 62.1 Å². The van der Waals surface area contributed by atoms with Crippen LogP contribution in [0.25, 0.3) is 127 Å². The fourth-order valence-electron chi connectivity index (χ4n) is 18.3. The molecule has 17 aromatic carbocycles. The highest BCUT2D eigenvalue weighted by atomic mass is 15.2. The largest absolute Gasteiger partial charge is 0.342 e. The lowest BCUT2D eigenvalue weighted by Crippen LogP contribution is -2.62. The molecular weight excluding hydrogens is 1440 g/mol. The van der Waals surface area contributed by atoms with Crippen LogP contribution in [0.4, 0.5) is 45.5 Å². The minimum absolute atomic E-state index is 0.0566. The molecule has 0 saturated carbocycles. The first kappa shape index (κ1) is 55.2. The van der Waals surface area contributed by atoms with Gasteiger partial charge in [-0.2, -0.15) is 0 Å². The second kappa shape index (κ2) is 28.2. The van der Waals surface area contributed by atoms with Crippen molar-refractivity contribution in [2.45, 2.75) is 58.8 Å². The molecule has 2 aliphatic rings. The van der Waals surface area contributed by atoms with Gasteiger partial charge < -0.3 is 28.4 Å². The van der Waals surface area contributed by atoms with Gasteiger partial charge in [-0.15, -0.1) is 0 Å². The maximum absolute atomic E-state index is 10.5. The van der Waals surface area contributed by atoms with Crippen LogP contribution in [-0.2, 0) is 17.3 Å². The Morgan fingerprint density at radius 1 is 0.286 bits per heavy atom. The van der Waals surface area contributed by atoms with Gasteiger partial charge in [-0.3, -0.25) is 0 Å². The normalized spacial score (nSPS) is 14.6. The second-order valence-corrected chi connectivity index (χ2v) is 33.2. The SMILES string of the molecule is [2H]c1c([2H])c([2H])c(N(c2ccccc2)c2ccc3c(c2)c2c([2H])c([2H])c([2H])c([2H])c2n3-c2cc3c4c(c2)N(c2cc(-c5ccccc5)cc(-c5ccccc5)c2)c2cc(-n5c6ccc(C(C)(C)C)cc6c6cc(C(C)(C)C)ccc65)ccc2B4c2ccc(-n4c5c([2H])c([2H])c([2H])c([2H])c5c5c([2H])c([2H])c([2H])c([2H])c54)cc2N3CCc2cc(-c3ccccc3)cc(-c3ccccc3)c2)c([2H])c1[2H]. The average Bonchev–Trinajstić information content (AvgIpc) is 1.03. The van der Waals surface area contributed by atoms with Crippen LogP contribution in [0.3, 0.4) is 0 Å². The molecule has 20 aromatic rings. The molecule has 7 heteroatoms. The molecule has 2 aliphatic heterocycles. The number of nitrogens with zero attached hydrogens (tertiary/aromatic N) is 6. The zero-order chi connectivity index (χ0) is 94.6. The van der Waals surface area contributed by atoms with Gasteiger partial charge in [0.2, 0.25) is 0 Å². The minimum Gasteiger partial charge on any atom is -0.342 e. The molecule has 0 radical (unpaired) electrons. The fourth-order valence-corrected chi connectivity index (χ4v) is 18.3. The molecule has 5 heterocycles. The van der Waals surface area contributed by atoms with E-state index in [-0.39, 0.29) is 67.9 Å². The number of hydrogen-bond acceptors (Lipinski definition) is 3. The third kappa shape index (κ3) is 12.2. The predicted octanol–water partition coefficient (Wildman–Crippen LogP) is 27.7. The third-order valence-electron chi connectivity index (χ3n) is 24.0. The van der Waals surface area contributed by atoms with E-state index in [0.717, 1.165) is 105 Å². The van der Waals surface area contributed by atoms with Crippen molar-refractivity contribution in [2.75, 3.05) is 21.2 Å². The molecule has 0 fully saturated rings. The van der Waals surface area contributed by atoms with Gasteiger partial charge in [0.1, 0.15) is 0 Å². The fraction of sp³-hybridized carbons (Fsp3) is 0.0893. The summed E-state index contributed by atoms with van der Waals surface area (Å²) in [5, 5.41) is 2.47. The van der Waals surface area contributed by atoms with Crippen molar-refractivity contribution in [2.24, 2.45) is 0 Å². The Morgan fingerprint density at radius 3 is 1.19 bits per heavy atom. The smallest absolute Gasteiger partial charge is 0.252 e. The van der Waals surface area contributed by atoms with E-state index in [4.69, 9.17) is 6.85 Å². The summed E-state index contributed by atoms with van der Waals surface area (Å²) in [5.41, 5.74) is 21.0. The van der Waals surface area contributed by atoms with E-state index >= 15 is 0 Å². The Balaban J connectivity index is 0.902. The van der Waals surface area contributed by atoms with Crippen LogP contribution >= 0.6 is 0 Å². The van der Waals surface area contributed by atoms with Crippen molar-refractivity contribution >= 4 is 134 Å². The van der Waals surface area contributed by atoms with Crippen LogP contribution in [0.1, 0.15) is 81.5 Å².